The Hall–Kier alpha value is -1.00. The summed E-state index contributed by atoms with van der Waals surface area (Å²) < 4.78 is 0. The Balaban J connectivity index is 3.06. The zero-order valence-electron chi connectivity index (χ0n) is 4.79. The molecule has 1 rings (SSSR count). The summed E-state index contributed by atoms with van der Waals surface area (Å²) in [5.74, 6) is 2.51. The molecule has 0 nitrogen and oxygen atoms in total. The van der Waals surface area contributed by atoms with Crippen molar-refractivity contribution in [1.82, 2.24) is 0 Å². The third-order valence-electron chi connectivity index (χ3n) is 1.02. The van der Waals surface area contributed by atoms with Gasteiger partial charge in [0, 0.05) is 5.56 Å². The van der Waals surface area contributed by atoms with Gasteiger partial charge >= 0.3 is 0 Å². The van der Waals surface area contributed by atoms with E-state index in [0.717, 1.165) is 10.5 Å². The summed E-state index contributed by atoms with van der Waals surface area (Å²) in [6, 6.07) is 7.32. The van der Waals surface area contributed by atoms with Gasteiger partial charge in [-0.2, -0.15) is 4.90 Å². The van der Waals surface area contributed by atoms with Gasteiger partial charge < -0.3 is 12.6 Å². The number of hydrogen-bond donors (Lipinski definition) is 0. The molecule has 0 unspecified atom stereocenters. The molecule has 0 aliphatic heterocycles. The topological polar surface area (TPSA) is 0 Å². The first-order chi connectivity index (χ1) is 4.33. The van der Waals surface area contributed by atoms with E-state index >= 15 is 0 Å². The van der Waals surface area contributed by atoms with Crippen LogP contribution >= 0.6 is 0 Å². The second-order valence-electron chi connectivity index (χ2n) is 1.67. The normalized spacial score (nSPS) is 8.33. The molecule has 0 atom stereocenters. The molecule has 0 saturated carbocycles. The molecule has 0 fully saturated rings. The maximum atomic E-state index is 5.12. The zero-order chi connectivity index (χ0) is 6.69. The first-order valence-corrected chi connectivity index (χ1v) is 2.97. The van der Waals surface area contributed by atoms with Crippen LogP contribution in [0.5, 0.6) is 0 Å². The van der Waals surface area contributed by atoms with Crippen LogP contribution in [0.1, 0.15) is 5.56 Å². The summed E-state index contributed by atoms with van der Waals surface area (Å²) in [4.78, 5) is 0.828. The van der Waals surface area contributed by atoms with Crippen LogP contribution in [0, 0.1) is 12.3 Å². The standard InChI is InChI=1S/C8H6S/c1-2-7-3-5-8(9)6-4-7/h1,3-6,9H/p-1. The second-order valence-corrected chi connectivity index (χ2v) is 2.14. The molecule has 0 N–H and O–H groups in total. The molecule has 0 aliphatic rings. The monoisotopic (exact) mass is 133 g/mol. The van der Waals surface area contributed by atoms with Crippen molar-refractivity contribution < 1.29 is 0 Å². The number of hydrogen-bond acceptors (Lipinski definition) is 1. The van der Waals surface area contributed by atoms with Crippen molar-refractivity contribution >= 4 is 12.6 Å². The molecule has 9 heavy (non-hydrogen) atoms. The summed E-state index contributed by atoms with van der Waals surface area (Å²) in [6.07, 6.45) is 5.12. The van der Waals surface area contributed by atoms with E-state index in [-0.39, 0.29) is 0 Å². The molecule has 0 saturated heterocycles. The van der Waals surface area contributed by atoms with Crippen LogP contribution < -0.4 is 0 Å². The number of terminal acetylenes is 1. The largest absolute Gasteiger partial charge is 0.780 e. The second kappa shape index (κ2) is 2.52. The van der Waals surface area contributed by atoms with E-state index in [4.69, 9.17) is 19.1 Å². The van der Waals surface area contributed by atoms with Crippen molar-refractivity contribution in [1.29, 1.82) is 0 Å². The Morgan fingerprint density at radius 2 is 1.78 bits per heavy atom. The predicted molar refractivity (Wildman–Crippen MR) is 40.0 cm³/mol. The lowest BCUT2D eigenvalue weighted by Gasteiger charge is -2.01. The van der Waals surface area contributed by atoms with E-state index in [0.29, 0.717) is 0 Å². The Kier molecular flexibility index (Phi) is 1.72. The van der Waals surface area contributed by atoms with E-state index in [1.165, 1.54) is 0 Å². The van der Waals surface area contributed by atoms with E-state index in [2.05, 4.69) is 5.92 Å². The lowest BCUT2D eigenvalue weighted by molar-refractivity contribution is 1.46. The summed E-state index contributed by atoms with van der Waals surface area (Å²) in [7, 11) is 0. The van der Waals surface area contributed by atoms with Crippen LogP contribution in [0.4, 0.5) is 0 Å². The van der Waals surface area contributed by atoms with E-state index in [9.17, 15) is 0 Å². The minimum absolute atomic E-state index is 0.828. The summed E-state index contributed by atoms with van der Waals surface area (Å²) >= 11 is 4.85. The highest BCUT2D eigenvalue weighted by Crippen LogP contribution is 2.00. The van der Waals surface area contributed by atoms with E-state index in [1.807, 2.05) is 24.3 Å². The van der Waals surface area contributed by atoms with Gasteiger partial charge in [-0.25, -0.2) is 0 Å². The smallest absolute Gasteiger partial charge is 0.0241 e. The molecule has 0 aromatic heterocycles. The average Bonchev–Trinajstić information content (AvgIpc) is 1.90. The fourth-order valence-electron chi connectivity index (χ4n) is 0.551. The molecule has 1 aromatic carbocycles. The highest BCUT2D eigenvalue weighted by Gasteiger charge is 1.78. The van der Waals surface area contributed by atoms with Gasteiger partial charge in [0.1, 0.15) is 0 Å². The molecular weight excluding hydrogens is 128 g/mol. The van der Waals surface area contributed by atoms with Gasteiger partial charge in [0.05, 0.1) is 0 Å². The van der Waals surface area contributed by atoms with Crippen molar-refractivity contribution in [3.05, 3.63) is 29.8 Å². The van der Waals surface area contributed by atoms with Crippen molar-refractivity contribution in [2.75, 3.05) is 0 Å². The Labute approximate surface area is 60.3 Å². The lowest BCUT2D eigenvalue weighted by Crippen LogP contribution is -1.72. The number of benzene rings is 1. The van der Waals surface area contributed by atoms with Crippen LogP contribution in [0.2, 0.25) is 0 Å². The van der Waals surface area contributed by atoms with E-state index < -0.39 is 0 Å². The summed E-state index contributed by atoms with van der Waals surface area (Å²) in [5, 5.41) is 0. The van der Waals surface area contributed by atoms with Gasteiger partial charge in [0.2, 0.25) is 0 Å². The molecule has 0 bridgehead atoms. The quantitative estimate of drug-likeness (QED) is 0.382. The zero-order valence-corrected chi connectivity index (χ0v) is 5.61. The van der Waals surface area contributed by atoms with Gasteiger partial charge in [-0.3, -0.25) is 0 Å². The molecule has 44 valence electrons. The molecule has 1 heteroatoms. The van der Waals surface area contributed by atoms with Crippen LogP contribution in [-0.2, 0) is 12.6 Å². The van der Waals surface area contributed by atoms with Gasteiger partial charge in [0.15, 0.2) is 0 Å². The molecule has 1 aromatic rings. The maximum absolute atomic E-state index is 5.12. The number of rotatable bonds is 0. The molecule has 0 radical (unpaired) electrons. The van der Waals surface area contributed by atoms with Crippen molar-refractivity contribution in [3.63, 3.8) is 0 Å². The molecular formula is C8H5S-. The van der Waals surface area contributed by atoms with Gasteiger partial charge in [-0.15, -0.1) is 6.42 Å². The van der Waals surface area contributed by atoms with Crippen LogP contribution in [0.25, 0.3) is 0 Å². The Morgan fingerprint density at radius 1 is 1.22 bits per heavy atom. The lowest BCUT2D eigenvalue weighted by atomic mass is 10.2. The van der Waals surface area contributed by atoms with Gasteiger partial charge in [-0.05, 0) is 12.1 Å². The molecule has 0 aliphatic carbocycles. The van der Waals surface area contributed by atoms with Crippen LogP contribution in [-0.4, -0.2) is 0 Å². The van der Waals surface area contributed by atoms with Crippen molar-refractivity contribution in [2.45, 2.75) is 4.90 Å². The van der Waals surface area contributed by atoms with Crippen molar-refractivity contribution in [2.24, 2.45) is 0 Å². The predicted octanol–water partition coefficient (Wildman–Crippen LogP) is 1.57. The van der Waals surface area contributed by atoms with Crippen LogP contribution in [0.15, 0.2) is 29.2 Å². The average molecular weight is 133 g/mol. The third-order valence-corrected chi connectivity index (χ3v) is 1.29. The highest BCUT2D eigenvalue weighted by molar-refractivity contribution is 7.58. The highest BCUT2D eigenvalue weighted by atomic mass is 32.1. The minimum Gasteiger partial charge on any atom is -0.780 e. The first kappa shape index (κ1) is 6.12. The van der Waals surface area contributed by atoms with Crippen molar-refractivity contribution in [3.8, 4) is 12.3 Å². The minimum atomic E-state index is 0.828. The maximum Gasteiger partial charge on any atom is 0.0241 e. The first-order valence-electron chi connectivity index (χ1n) is 2.56. The van der Waals surface area contributed by atoms with Gasteiger partial charge in [-0.1, -0.05) is 18.1 Å². The summed E-state index contributed by atoms with van der Waals surface area (Å²) in [5.41, 5.74) is 0.878. The fourth-order valence-corrected chi connectivity index (χ4v) is 0.687. The molecule has 0 spiro atoms. The SMILES string of the molecule is C#Cc1ccc([S-])cc1. The summed E-state index contributed by atoms with van der Waals surface area (Å²) in [6.45, 7) is 0. The Bertz CT molecular complexity index is 228. The van der Waals surface area contributed by atoms with E-state index in [1.54, 1.807) is 0 Å². The molecule has 0 amide bonds. The van der Waals surface area contributed by atoms with Crippen LogP contribution in [0.3, 0.4) is 0 Å². The molecule has 0 heterocycles. The van der Waals surface area contributed by atoms with Gasteiger partial charge in [0.25, 0.3) is 0 Å². The third kappa shape index (κ3) is 1.45. The fraction of sp³-hybridized carbons (Fsp3) is 0. The Morgan fingerprint density at radius 3 is 2.22 bits per heavy atom.